The minimum atomic E-state index is -1.20. The van der Waals surface area contributed by atoms with Crippen molar-refractivity contribution < 1.29 is 4.57 Å². The molecule has 3 rings (SSSR count). The molecule has 94 valence electrons. The van der Waals surface area contributed by atoms with Crippen molar-refractivity contribution in [3.05, 3.63) is 42.3 Å². The molecule has 18 heavy (non-hydrogen) atoms. The fraction of sp³-hybridized carbons (Fsp3) is 0.438. The average Bonchev–Trinajstić information content (AvgIpc) is 2.37. The van der Waals surface area contributed by atoms with Gasteiger partial charge in [0.25, 0.3) is 0 Å². The fourth-order valence-corrected chi connectivity index (χ4v) is 4.12. The lowest BCUT2D eigenvalue weighted by Crippen LogP contribution is -2.47. The van der Waals surface area contributed by atoms with Gasteiger partial charge in [-0.05, 0) is 18.9 Å². The largest absolute Gasteiger partial charge is 0.190 e. The molecular formula is C16H22NSi+. The Labute approximate surface area is 111 Å². The normalized spacial score (nSPS) is 25.7. The molecule has 1 aliphatic heterocycles. The molecule has 1 aromatic rings. The molecule has 2 heteroatoms. The molecular weight excluding hydrogens is 234 g/mol. The van der Waals surface area contributed by atoms with E-state index in [-0.39, 0.29) is 0 Å². The van der Waals surface area contributed by atoms with Crippen LogP contribution in [-0.4, -0.2) is 8.07 Å². The van der Waals surface area contributed by atoms with Crippen molar-refractivity contribution in [2.45, 2.75) is 38.4 Å². The molecule has 2 heterocycles. The van der Waals surface area contributed by atoms with Gasteiger partial charge in [-0.25, -0.2) is 0 Å². The van der Waals surface area contributed by atoms with Crippen molar-refractivity contribution in [2.75, 3.05) is 0 Å². The highest BCUT2D eigenvalue weighted by Crippen LogP contribution is 2.35. The Kier molecular flexibility index (Phi) is 2.78. The van der Waals surface area contributed by atoms with E-state index in [1.54, 1.807) is 5.19 Å². The van der Waals surface area contributed by atoms with Gasteiger partial charge in [0.05, 0.1) is 14.0 Å². The highest BCUT2D eigenvalue weighted by Gasteiger charge is 2.33. The van der Waals surface area contributed by atoms with Crippen molar-refractivity contribution in [1.29, 1.82) is 0 Å². The van der Waals surface area contributed by atoms with Crippen LogP contribution in [-0.2, 0) is 0 Å². The summed E-state index contributed by atoms with van der Waals surface area (Å²) in [5.74, 6) is 1.31. The van der Waals surface area contributed by atoms with Gasteiger partial charge in [-0.2, -0.15) is 4.57 Å². The SMILES string of the molecule is C[Si](C)(C)c1ccc2[n+](c1)C=CC1C=CCCC21. The number of rotatable bonds is 1. The van der Waals surface area contributed by atoms with Crippen LogP contribution in [0.25, 0.3) is 6.20 Å². The summed E-state index contributed by atoms with van der Waals surface area (Å²) in [6.45, 7) is 7.23. The lowest BCUT2D eigenvalue weighted by Gasteiger charge is -2.26. The molecule has 2 aliphatic rings. The van der Waals surface area contributed by atoms with Crippen LogP contribution in [0, 0.1) is 5.92 Å². The van der Waals surface area contributed by atoms with Crippen LogP contribution in [0.4, 0.5) is 0 Å². The Morgan fingerprint density at radius 3 is 2.78 bits per heavy atom. The molecule has 0 aromatic carbocycles. The summed E-state index contributed by atoms with van der Waals surface area (Å²) in [4.78, 5) is 0. The Bertz CT molecular complexity index is 522. The predicted molar refractivity (Wildman–Crippen MR) is 79.6 cm³/mol. The monoisotopic (exact) mass is 256 g/mol. The molecule has 1 aromatic heterocycles. The minimum Gasteiger partial charge on any atom is -0.171 e. The zero-order valence-corrected chi connectivity index (χ0v) is 12.6. The van der Waals surface area contributed by atoms with Gasteiger partial charge in [0.15, 0.2) is 18.1 Å². The van der Waals surface area contributed by atoms with Crippen molar-refractivity contribution >= 4 is 19.5 Å². The smallest absolute Gasteiger partial charge is 0.171 e. The third-order valence-electron chi connectivity index (χ3n) is 4.19. The Morgan fingerprint density at radius 2 is 2.00 bits per heavy atom. The maximum absolute atomic E-state index is 2.41. The van der Waals surface area contributed by atoms with E-state index in [0.29, 0.717) is 11.8 Å². The first-order valence-corrected chi connectivity index (χ1v) is 10.5. The highest BCUT2D eigenvalue weighted by molar-refractivity contribution is 6.88. The van der Waals surface area contributed by atoms with Crippen LogP contribution < -0.4 is 9.75 Å². The second kappa shape index (κ2) is 4.20. The molecule has 1 aliphatic carbocycles. The first kappa shape index (κ1) is 11.9. The van der Waals surface area contributed by atoms with Gasteiger partial charge < -0.3 is 0 Å². The van der Waals surface area contributed by atoms with E-state index < -0.39 is 8.07 Å². The summed E-state index contributed by atoms with van der Waals surface area (Å²) in [6, 6.07) is 4.74. The Hall–Kier alpha value is -1.15. The number of nitrogens with zero attached hydrogens (tertiary/aromatic N) is 1. The second-order valence-electron chi connectivity index (χ2n) is 6.53. The van der Waals surface area contributed by atoms with Crippen LogP contribution in [0.3, 0.4) is 0 Å². The molecule has 1 nitrogen and oxygen atoms in total. The van der Waals surface area contributed by atoms with Crippen molar-refractivity contribution in [3.8, 4) is 0 Å². The summed E-state index contributed by atoms with van der Waals surface area (Å²) in [6.07, 6.45) is 14.2. The number of fused-ring (bicyclic) bond motifs is 3. The summed E-state index contributed by atoms with van der Waals surface area (Å²) < 4.78 is 2.37. The molecule has 0 bridgehead atoms. The van der Waals surface area contributed by atoms with Gasteiger partial charge in [-0.15, -0.1) is 0 Å². The van der Waals surface area contributed by atoms with E-state index >= 15 is 0 Å². The first-order chi connectivity index (χ1) is 8.55. The van der Waals surface area contributed by atoms with Gasteiger partial charge in [0, 0.05) is 17.2 Å². The molecule has 2 unspecified atom stereocenters. The maximum atomic E-state index is 2.41. The fourth-order valence-electron chi connectivity index (χ4n) is 3.01. The van der Waals surface area contributed by atoms with Crippen molar-refractivity contribution in [2.24, 2.45) is 5.92 Å². The van der Waals surface area contributed by atoms with E-state index in [0.717, 1.165) is 0 Å². The lowest BCUT2D eigenvalue weighted by atomic mass is 9.80. The zero-order valence-electron chi connectivity index (χ0n) is 11.6. The van der Waals surface area contributed by atoms with E-state index in [1.807, 2.05) is 0 Å². The van der Waals surface area contributed by atoms with Gasteiger partial charge in [0.2, 0.25) is 0 Å². The third-order valence-corrected chi connectivity index (χ3v) is 6.22. The molecule has 0 radical (unpaired) electrons. The molecule has 2 atom stereocenters. The number of aromatic nitrogens is 1. The Morgan fingerprint density at radius 1 is 1.17 bits per heavy atom. The van der Waals surface area contributed by atoms with Gasteiger partial charge in [-0.1, -0.05) is 37.9 Å². The van der Waals surface area contributed by atoms with Crippen molar-refractivity contribution in [1.82, 2.24) is 0 Å². The summed E-state index contributed by atoms with van der Waals surface area (Å²) in [7, 11) is -1.20. The molecule has 0 saturated heterocycles. The number of hydrogen-bond acceptors (Lipinski definition) is 0. The van der Waals surface area contributed by atoms with Gasteiger partial charge in [-0.3, -0.25) is 0 Å². The molecule has 0 N–H and O–H groups in total. The van der Waals surface area contributed by atoms with Crippen LogP contribution >= 0.6 is 0 Å². The van der Waals surface area contributed by atoms with Gasteiger partial charge >= 0.3 is 0 Å². The molecule has 0 spiro atoms. The number of allylic oxidation sites excluding steroid dienone is 3. The summed E-state index contributed by atoms with van der Waals surface area (Å²) >= 11 is 0. The van der Waals surface area contributed by atoms with E-state index in [4.69, 9.17) is 0 Å². The first-order valence-electron chi connectivity index (χ1n) is 6.96. The predicted octanol–water partition coefficient (Wildman–Crippen LogP) is 3.05. The second-order valence-corrected chi connectivity index (χ2v) is 11.6. The summed E-state index contributed by atoms with van der Waals surface area (Å²) in [5, 5.41) is 1.54. The molecule has 0 fully saturated rings. The minimum absolute atomic E-state index is 0.622. The van der Waals surface area contributed by atoms with Gasteiger partial charge in [0.1, 0.15) is 0 Å². The third kappa shape index (κ3) is 1.99. The van der Waals surface area contributed by atoms with Crippen LogP contribution in [0.5, 0.6) is 0 Å². The van der Waals surface area contributed by atoms with Crippen LogP contribution in [0.2, 0.25) is 19.6 Å². The quantitative estimate of drug-likeness (QED) is 0.413. The molecule has 0 saturated carbocycles. The lowest BCUT2D eigenvalue weighted by molar-refractivity contribution is -0.581. The number of pyridine rings is 1. The topological polar surface area (TPSA) is 3.88 Å². The summed E-state index contributed by atoms with van der Waals surface area (Å²) in [5.41, 5.74) is 1.49. The number of hydrogen-bond donors (Lipinski definition) is 0. The molecule has 0 amide bonds. The highest BCUT2D eigenvalue weighted by atomic mass is 28.3. The Balaban J connectivity index is 2.04. The van der Waals surface area contributed by atoms with Crippen LogP contribution in [0.1, 0.15) is 24.5 Å². The van der Waals surface area contributed by atoms with E-state index in [9.17, 15) is 0 Å². The van der Waals surface area contributed by atoms with E-state index in [2.05, 4.69) is 67.0 Å². The van der Waals surface area contributed by atoms with Crippen LogP contribution in [0.15, 0.2) is 36.6 Å². The zero-order chi connectivity index (χ0) is 12.8. The maximum Gasteiger partial charge on any atom is 0.190 e. The standard InChI is InChI=1S/C16H22NSi/c1-18(2,3)14-8-9-16-15-7-5-4-6-13(15)10-11-17(16)12-14/h4,6,8-13,15H,5,7H2,1-3H3/q+1. The van der Waals surface area contributed by atoms with E-state index in [1.165, 1.54) is 18.5 Å². The average molecular weight is 256 g/mol. The van der Waals surface area contributed by atoms with Crippen molar-refractivity contribution in [3.63, 3.8) is 0 Å².